The fourth-order valence-corrected chi connectivity index (χ4v) is 4.21. The highest BCUT2D eigenvalue weighted by molar-refractivity contribution is 9.10. The van der Waals surface area contributed by atoms with Crippen molar-refractivity contribution in [2.24, 2.45) is 5.92 Å². The Kier molecular flexibility index (Phi) is 5.36. The van der Waals surface area contributed by atoms with Crippen molar-refractivity contribution in [3.05, 3.63) is 76.8 Å². The summed E-state index contributed by atoms with van der Waals surface area (Å²) in [5.41, 5.74) is 6.00. The minimum atomic E-state index is 0.645. The first-order chi connectivity index (χ1) is 15.1. The molecule has 156 valence electrons. The van der Waals surface area contributed by atoms with Crippen molar-refractivity contribution in [2.75, 3.05) is 6.61 Å². The summed E-state index contributed by atoms with van der Waals surface area (Å²) in [6.45, 7) is 5.90. The smallest absolute Gasteiger partial charge is 0.160 e. The van der Waals surface area contributed by atoms with Crippen molar-refractivity contribution in [3.8, 4) is 5.75 Å². The molecule has 0 amide bonds. The molecule has 2 aromatic heterocycles. The molecule has 5 rings (SSSR count). The van der Waals surface area contributed by atoms with Gasteiger partial charge in [0.05, 0.1) is 23.2 Å². The van der Waals surface area contributed by atoms with Crippen molar-refractivity contribution < 1.29 is 4.74 Å². The van der Waals surface area contributed by atoms with E-state index in [4.69, 9.17) is 14.7 Å². The maximum atomic E-state index is 5.87. The summed E-state index contributed by atoms with van der Waals surface area (Å²) in [6, 6.07) is 22.8. The van der Waals surface area contributed by atoms with E-state index in [-0.39, 0.29) is 0 Å². The van der Waals surface area contributed by atoms with Gasteiger partial charge in [-0.05, 0) is 60.4 Å². The summed E-state index contributed by atoms with van der Waals surface area (Å²) in [6.07, 6.45) is 1.06. The molecule has 3 aromatic carbocycles. The molecule has 0 bridgehead atoms. The number of nitrogens with zero attached hydrogens (tertiary/aromatic N) is 3. The number of hydrogen-bond acceptors (Lipinski definition) is 3. The quantitative estimate of drug-likeness (QED) is 0.267. The zero-order valence-electron chi connectivity index (χ0n) is 17.7. The number of para-hydroxylation sites is 2. The molecule has 0 aliphatic rings. The van der Waals surface area contributed by atoms with Gasteiger partial charge in [0, 0.05) is 16.4 Å². The number of rotatable bonds is 6. The van der Waals surface area contributed by atoms with E-state index < -0.39 is 0 Å². The van der Waals surface area contributed by atoms with Crippen LogP contribution in [0, 0.1) is 5.92 Å². The molecule has 0 saturated carbocycles. The molecule has 0 aliphatic carbocycles. The van der Waals surface area contributed by atoms with Gasteiger partial charge in [-0.15, -0.1) is 0 Å². The second-order valence-electron chi connectivity index (χ2n) is 8.31. The Morgan fingerprint density at radius 1 is 0.935 bits per heavy atom. The Bertz CT molecular complexity index is 1370. The zero-order valence-corrected chi connectivity index (χ0v) is 19.3. The van der Waals surface area contributed by atoms with Gasteiger partial charge in [-0.1, -0.05) is 54.0 Å². The molecule has 31 heavy (non-hydrogen) atoms. The molecule has 2 heterocycles. The van der Waals surface area contributed by atoms with E-state index in [1.54, 1.807) is 0 Å². The van der Waals surface area contributed by atoms with Crippen LogP contribution in [0.3, 0.4) is 0 Å². The first-order valence-electron chi connectivity index (χ1n) is 10.6. The molecule has 0 N–H and O–H groups in total. The largest absolute Gasteiger partial charge is 0.494 e. The molecule has 0 atom stereocenters. The van der Waals surface area contributed by atoms with Gasteiger partial charge in [0.25, 0.3) is 0 Å². The van der Waals surface area contributed by atoms with Crippen LogP contribution in [0.1, 0.15) is 25.8 Å². The van der Waals surface area contributed by atoms with E-state index in [1.807, 2.05) is 24.3 Å². The average Bonchev–Trinajstić information content (AvgIpc) is 3.05. The summed E-state index contributed by atoms with van der Waals surface area (Å²) in [5.74, 6) is 1.56. The Balaban J connectivity index is 1.55. The molecule has 5 heteroatoms. The van der Waals surface area contributed by atoms with Crippen molar-refractivity contribution >= 4 is 49.0 Å². The van der Waals surface area contributed by atoms with E-state index in [0.717, 1.165) is 62.9 Å². The lowest BCUT2D eigenvalue weighted by Crippen LogP contribution is -2.03. The monoisotopic (exact) mass is 473 g/mol. The molecule has 0 radical (unpaired) electrons. The topological polar surface area (TPSA) is 39.9 Å². The summed E-state index contributed by atoms with van der Waals surface area (Å²) in [4.78, 5) is 9.92. The van der Waals surface area contributed by atoms with E-state index >= 15 is 0 Å². The lowest BCUT2D eigenvalue weighted by Gasteiger charge is -2.10. The fourth-order valence-electron chi connectivity index (χ4n) is 3.85. The molecular weight excluding hydrogens is 450 g/mol. The molecule has 5 aromatic rings. The second kappa shape index (κ2) is 8.31. The third kappa shape index (κ3) is 4.02. The predicted molar refractivity (Wildman–Crippen MR) is 131 cm³/mol. The van der Waals surface area contributed by atoms with Crippen LogP contribution in [-0.4, -0.2) is 21.1 Å². The SMILES string of the molecule is CC(C)CCOc1ccc(Cn2c3ccc(Br)cc3c3nc4ccccc4nc32)cc1. The Morgan fingerprint density at radius 3 is 2.42 bits per heavy atom. The minimum absolute atomic E-state index is 0.645. The predicted octanol–water partition coefficient (Wildman–Crippen LogP) is 6.97. The van der Waals surface area contributed by atoms with Gasteiger partial charge in [0.1, 0.15) is 11.3 Å². The van der Waals surface area contributed by atoms with Crippen LogP contribution >= 0.6 is 15.9 Å². The van der Waals surface area contributed by atoms with E-state index in [2.05, 4.69) is 76.8 Å². The van der Waals surface area contributed by atoms with Crippen molar-refractivity contribution in [2.45, 2.75) is 26.8 Å². The number of benzene rings is 3. The van der Waals surface area contributed by atoms with Crippen molar-refractivity contribution in [3.63, 3.8) is 0 Å². The van der Waals surface area contributed by atoms with Crippen LogP contribution in [0.25, 0.3) is 33.1 Å². The van der Waals surface area contributed by atoms with Crippen molar-refractivity contribution in [1.29, 1.82) is 0 Å². The van der Waals surface area contributed by atoms with E-state index in [1.165, 1.54) is 5.56 Å². The number of fused-ring (bicyclic) bond motifs is 4. The molecule has 4 nitrogen and oxygen atoms in total. The maximum absolute atomic E-state index is 5.87. The third-order valence-corrected chi connectivity index (χ3v) is 6.03. The molecule has 0 spiro atoms. The Hall–Kier alpha value is -2.92. The summed E-state index contributed by atoms with van der Waals surface area (Å²) in [5, 5.41) is 1.11. The first-order valence-corrected chi connectivity index (χ1v) is 11.4. The second-order valence-corrected chi connectivity index (χ2v) is 9.22. The molecular formula is C26H24BrN3O. The molecule has 0 aliphatic heterocycles. The third-order valence-electron chi connectivity index (χ3n) is 5.54. The molecule has 0 saturated heterocycles. The van der Waals surface area contributed by atoms with Crippen LogP contribution in [0.15, 0.2) is 71.2 Å². The zero-order chi connectivity index (χ0) is 21.4. The first kappa shape index (κ1) is 20.0. The van der Waals surface area contributed by atoms with E-state index in [0.29, 0.717) is 5.92 Å². The van der Waals surface area contributed by atoms with Crippen LogP contribution in [-0.2, 0) is 6.54 Å². The molecule has 0 fully saturated rings. The minimum Gasteiger partial charge on any atom is -0.494 e. The van der Waals surface area contributed by atoms with E-state index in [9.17, 15) is 0 Å². The van der Waals surface area contributed by atoms with Gasteiger partial charge in [0.2, 0.25) is 0 Å². The van der Waals surface area contributed by atoms with Gasteiger partial charge in [0.15, 0.2) is 5.65 Å². The lowest BCUT2D eigenvalue weighted by atomic mass is 10.1. The Labute approximate surface area is 190 Å². The van der Waals surface area contributed by atoms with Crippen LogP contribution in [0.5, 0.6) is 5.75 Å². The summed E-state index contributed by atoms with van der Waals surface area (Å²) >= 11 is 3.61. The number of hydrogen-bond donors (Lipinski definition) is 0. The maximum Gasteiger partial charge on any atom is 0.160 e. The summed E-state index contributed by atoms with van der Waals surface area (Å²) < 4.78 is 9.17. The number of aromatic nitrogens is 3. The van der Waals surface area contributed by atoms with Gasteiger partial charge in [-0.2, -0.15) is 0 Å². The van der Waals surface area contributed by atoms with Crippen LogP contribution in [0.4, 0.5) is 0 Å². The normalized spacial score (nSPS) is 11.7. The van der Waals surface area contributed by atoms with Gasteiger partial charge in [-0.25, -0.2) is 9.97 Å². The number of halogens is 1. The standard InChI is InChI=1S/C26H24BrN3O/c1-17(2)13-14-31-20-10-7-18(8-11-20)16-30-24-12-9-19(27)15-21(24)25-26(30)29-23-6-4-3-5-22(23)28-25/h3-12,15,17H,13-14,16H2,1-2H3. The fraction of sp³-hybridized carbons (Fsp3) is 0.231. The lowest BCUT2D eigenvalue weighted by molar-refractivity contribution is 0.289. The van der Waals surface area contributed by atoms with Crippen LogP contribution in [0.2, 0.25) is 0 Å². The molecule has 0 unspecified atom stereocenters. The highest BCUT2D eigenvalue weighted by Gasteiger charge is 2.15. The highest BCUT2D eigenvalue weighted by Crippen LogP contribution is 2.31. The van der Waals surface area contributed by atoms with Crippen LogP contribution < -0.4 is 4.74 Å². The Morgan fingerprint density at radius 2 is 1.68 bits per heavy atom. The van der Waals surface area contributed by atoms with Gasteiger partial charge in [-0.3, -0.25) is 0 Å². The van der Waals surface area contributed by atoms with Gasteiger partial charge < -0.3 is 9.30 Å². The summed E-state index contributed by atoms with van der Waals surface area (Å²) in [7, 11) is 0. The highest BCUT2D eigenvalue weighted by atomic mass is 79.9. The van der Waals surface area contributed by atoms with Crippen molar-refractivity contribution in [1.82, 2.24) is 14.5 Å². The number of ether oxygens (including phenoxy) is 1. The van der Waals surface area contributed by atoms with Gasteiger partial charge >= 0.3 is 0 Å². The average molecular weight is 474 g/mol.